The van der Waals surface area contributed by atoms with E-state index in [1.807, 2.05) is 0 Å². The van der Waals surface area contributed by atoms with Crippen molar-refractivity contribution in [3.8, 4) is 0 Å². The van der Waals surface area contributed by atoms with Gasteiger partial charge in [-0.05, 0) is 19.3 Å². The fraction of sp³-hybridized carbons (Fsp3) is 0.909. The molecule has 0 aromatic rings. The summed E-state index contributed by atoms with van der Waals surface area (Å²) in [5, 5.41) is 0. The number of hydrogen-bond donors (Lipinski definition) is 0. The largest absolute Gasteiger partial charge is 0.299 e. The Bertz CT molecular complexity index is 148. The highest BCUT2D eigenvalue weighted by Gasteiger charge is 2.18. The van der Waals surface area contributed by atoms with Gasteiger partial charge in [0.05, 0.1) is 0 Å². The van der Waals surface area contributed by atoms with Crippen LogP contribution in [0.3, 0.4) is 0 Å². The van der Waals surface area contributed by atoms with Crippen LogP contribution in [-0.4, -0.2) is 11.7 Å². The van der Waals surface area contributed by atoms with Crippen molar-refractivity contribution in [2.45, 2.75) is 51.4 Å². The minimum absolute atomic E-state index is 0.366. The van der Waals surface area contributed by atoms with Gasteiger partial charge in [0.15, 0.2) is 0 Å². The fourth-order valence-electron chi connectivity index (χ4n) is 2.05. The minimum Gasteiger partial charge on any atom is -0.299 e. The predicted octanol–water partition coefficient (Wildman–Crippen LogP) is 3.54. The normalized spacial score (nSPS) is 19.8. The van der Waals surface area contributed by atoms with Crippen molar-refractivity contribution < 1.29 is 4.79 Å². The van der Waals surface area contributed by atoms with Crippen molar-refractivity contribution in [3.05, 3.63) is 0 Å². The third-order valence-electron chi connectivity index (χ3n) is 2.87. The molecule has 0 atom stereocenters. The van der Waals surface area contributed by atoms with Gasteiger partial charge in [0.1, 0.15) is 5.78 Å². The maximum atomic E-state index is 11.7. The Morgan fingerprint density at radius 1 is 1.15 bits per heavy atom. The number of alkyl halides is 1. The first-order valence-electron chi connectivity index (χ1n) is 5.43. The summed E-state index contributed by atoms with van der Waals surface area (Å²) in [4.78, 5) is 11.7. The highest BCUT2D eigenvalue weighted by Crippen LogP contribution is 2.24. The monoisotopic (exact) mass is 202 g/mol. The Hall–Kier alpha value is -0.0400. The van der Waals surface area contributed by atoms with Crippen LogP contribution in [0.2, 0.25) is 0 Å². The number of rotatable bonds is 4. The second-order valence-corrected chi connectivity index (χ2v) is 4.33. The zero-order valence-corrected chi connectivity index (χ0v) is 8.98. The lowest BCUT2D eigenvalue weighted by atomic mass is 9.93. The molecule has 13 heavy (non-hydrogen) atoms. The molecule has 2 heteroatoms. The van der Waals surface area contributed by atoms with Crippen LogP contribution in [0.5, 0.6) is 0 Å². The zero-order valence-electron chi connectivity index (χ0n) is 8.23. The second-order valence-electron chi connectivity index (χ2n) is 3.95. The molecule has 0 heterocycles. The number of Topliss-reactive ketones (excluding diaryl/α,β-unsaturated/α-hetero) is 1. The maximum absolute atomic E-state index is 11.7. The first-order valence-corrected chi connectivity index (χ1v) is 5.96. The van der Waals surface area contributed by atoms with Crippen molar-refractivity contribution in [2.24, 2.45) is 5.92 Å². The molecule has 0 N–H and O–H groups in total. The van der Waals surface area contributed by atoms with Gasteiger partial charge in [-0.2, -0.15) is 0 Å². The van der Waals surface area contributed by atoms with Crippen LogP contribution in [0.15, 0.2) is 0 Å². The second kappa shape index (κ2) is 6.42. The molecule has 0 aromatic carbocycles. The molecule has 1 saturated carbocycles. The Labute approximate surface area is 85.8 Å². The highest BCUT2D eigenvalue weighted by atomic mass is 35.5. The van der Waals surface area contributed by atoms with Crippen molar-refractivity contribution in [2.75, 3.05) is 5.88 Å². The Balaban J connectivity index is 2.26. The molecule has 1 aliphatic rings. The van der Waals surface area contributed by atoms with Crippen molar-refractivity contribution in [3.63, 3.8) is 0 Å². The van der Waals surface area contributed by atoms with E-state index in [0.29, 0.717) is 24.0 Å². The van der Waals surface area contributed by atoms with E-state index >= 15 is 0 Å². The zero-order chi connectivity index (χ0) is 9.52. The molecule has 0 saturated heterocycles. The molecular weight excluding hydrogens is 184 g/mol. The topological polar surface area (TPSA) is 17.1 Å². The predicted molar refractivity (Wildman–Crippen MR) is 56.2 cm³/mol. The summed E-state index contributed by atoms with van der Waals surface area (Å²) in [6, 6.07) is 0. The fourth-order valence-corrected chi connectivity index (χ4v) is 2.18. The Kier molecular flexibility index (Phi) is 5.45. The van der Waals surface area contributed by atoms with Crippen LogP contribution in [0.1, 0.15) is 51.4 Å². The number of ketones is 1. The first kappa shape index (κ1) is 11.0. The van der Waals surface area contributed by atoms with Gasteiger partial charge >= 0.3 is 0 Å². The Morgan fingerprint density at radius 2 is 1.77 bits per heavy atom. The summed E-state index contributed by atoms with van der Waals surface area (Å²) < 4.78 is 0. The molecule has 1 nitrogen and oxygen atoms in total. The standard InChI is InChI=1S/C11H19ClO/c12-9-5-8-11(13)10-6-3-1-2-4-7-10/h10H,1-9H2. The number of hydrogen-bond acceptors (Lipinski definition) is 1. The van der Waals surface area contributed by atoms with Crippen LogP contribution >= 0.6 is 11.6 Å². The number of halogens is 1. The molecule has 0 bridgehead atoms. The van der Waals surface area contributed by atoms with Crippen LogP contribution in [-0.2, 0) is 4.79 Å². The highest BCUT2D eigenvalue weighted by molar-refractivity contribution is 6.17. The van der Waals surface area contributed by atoms with Gasteiger partial charge in [0.2, 0.25) is 0 Å². The van der Waals surface area contributed by atoms with Crippen LogP contribution in [0, 0.1) is 5.92 Å². The molecule has 0 aliphatic heterocycles. The van der Waals surface area contributed by atoms with Crippen molar-refractivity contribution in [1.29, 1.82) is 0 Å². The molecular formula is C11H19ClO. The van der Waals surface area contributed by atoms with Crippen LogP contribution in [0.25, 0.3) is 0 Å². The van der Waals surface area contributed by atoms with Gasteiger partial charge in [0, 0.05) is 18.2 Å². The van der Waals surface area contributed by atoms with Gasteiger partial charge < -0.3 is 0 Å². The molecule has 1 fully saturated rings. The summed E-state index contributed by atoms with van der Waals surface area (Å²) in [6.07, 6.45) is 8.94. The van der Waals surface area contributed by atoms with Gasteiger partial charge in [-0.25, -0.2) is 0 Å². The maximum Gasteiger partial charge on any atom is 0.136 e. The first-order chi connectivity index (χ1) is 6.34. The lowest BCUT2D eigenvalue weighted by Gasteiger charge is -2.11. The summed E-state index contributed by atoms with van der Waals surface area (Å²) in [6.45, 7) is 0. The molecule has 0 unspecified atom stereocenters. The van der Waals surface area contributed by atoms with E-state index < -0.39 is 0 Å². The van der Waals surface area contributed by atoms with Gasteiger partial charge in [-0.15, -0.1) is 11.6 Å². The van der Waals surface area contributed by atoms with Gasteiger partial charge in [-0.1, -0.05) is 25.7 Å². The lowest BCUT2D eigenvalue weighted by molar-refractivity contribution is -0.123. The number of carbonyl (C=O) groups is 1. The van der Waals surface area contributed by atoms with E-state index in [4.69, 9.17) is 11.6 Å². The molecule has 1 rings (SSSR count). The third kappa shape index (κ3) is 4.12. The SMILES string of the molecule is O=C(CCCCl)C1CCCCCC1. The van der Waals surface area contributed by atoms with E-state index in [-0.39, 0.29) is 0 Å². The van der Waals surface area contributed by atoms with E-state index in [1.54, 1.807) is 0 Å². The number of carbonyl (C=O) groups excluding carboxylic acids is 1. The summed E-state index contributed by atoms with van der Waals surface area (Å²) >= 11 is 5.56. The quantitative estimate of drug-likeness (QED) is 0.504. The van der Waals surface area contributed by atoms with E-state index in [0.717, 1.165) is 19.3 Å². The van der Waals surface area contributed by atoms with E-state index in [2.05, 4.69) is 0 Å². The molecule has 0 amide bonds. The van der Waals surface area contributed by atoms with Gasteiger partial charge in [-0.3, -0.25) is 4.79 Å². The molecule has 0 spiro atoms. The van der Waals surface area contributed by atoms with E-state index in [1.165, 1.54) is 25.7 Å². The summed E-state index contributed by atoms with van der Waals surface area (Å²) in [7, 11) is 0. The third-order valence-corrected chi connectivity index (χ3v) is 3.13. The Morgan fingerprint density at radius 3 is 2.31 bits per heavy atom. The molecule has 0 radical (unpaired) electrons. The average molecular weight is 203 g/mol. The summed E-state index contributed by atoms with van der Waals surface area (Å²) in [5.41, 5.74) is 0. The minimum atomic E-state index is 0.366. The summed E-state index contributed by atoms with van der Waals surface area (Å²) in [5.74, 6) is 1.45. The van der Waals surface area contributed by atoms with Crippen molar-refractivity contribution in [1.82, 2.24) is 0 Å². The van der Waals surface area contributed by atoms with Crippen LogP contribution < -0.4 is 0 Å². The average Bonchev–Trinajstić information content (AvgIpc) is 2.42. The lowest BCUT2D eigenvalue weighted by Crippen LogP contribution is -2.13. The van der Waals surface area contributed by atoms with Crippen LogP contribution in [0.4, 0.5) is 0 Å². The van der Waals surface area contributed by atoms with E-state index in [9.17, 15) is 4.79 Å². The molecule has 0 aromatic heterocycles. The van der Waals surface area contributed by atoms with Crippen molar-refractivity contribution >= 4 is 17.4 Å². The molecule has 1 aliphatic carbocycles. The smallest absolute Gasteiger partial charge is 0.136 e. The van der Waals surface area contributed by atoms with Gasteiger partial charge in [0.25, 0.3) is 0 Å². The molecule has 76 valence electrons.